The Morgan fingerprint density at radius 3 is 2.31 bits per heavy atom. The Balaban J connectivity index is 1.52. The van der Waals surface area contributed by atoms with Gasteiger partial charge in [0.15, 0.2) is 0 Å². The second-order valence-electron chi connectivity index (χ2n) is 5.64. The van der Waals surface area contributed by atoms with Crippen molar-refractivity contribution >= 4 is 11.6 Å². The van der Waals surface area contributed by atoms with E-state index < -0.39 is 0 Å². The van der Waals surface area contributed by atoms with E-state index in [0.29, 0.717) is 23.7 Å². The van der Waals surface area contributed by atoms with Crippen LogP contribution in [0.5, 0.6) is 0 Å². The normalized spacial score (nSPS) is 37.8. The fourth-order valence-corrected chi connectivity index (χ4v) is 3.19. The third kappa shape index (κ3) is 1.87. The molecule has 3 nitrogen and oxygen atoms in total. The standard InChI is InChI=1S/C13H20N2O/c1-8(9-6-7-9)14-15-13(16)12-10-4-2-3-5-11(10)12/h9-12H,2-7H2,1H3,(H,15,16)/t10-,11-/m1/s1. The van der Waals surface area contributed by atoms with Gasteiger partial charge in [0.25, 0.3) is 0 Å². The lowest BCUT2D eigenvalue weighted by molar-refractivity contribution is -0.122. The first-order valence-corrected chi connectivity index (χ1v) is 6.61. The van der Waals surface area contributed by atoms with Gasteiger partial charge in [-0.1, -0.05) is 12.8 Å². The summed E-state index contributed by atoms with van der Waals surface area (Å²) < 4.78 is 0. The zero-order valence-electron chi connectivity index (χ0n) is 9.91. The Kier molecular flexibility index (Phi) is 2.49. The van der Waals surface area contributed by atoms with Crippen molar-refractivity contribution in [2.24, 2.45) is 28.8 Å². The van der Waals surface area contributed by atoms with Crippen LogP contribution in [0.1, 0.15) is 45.4 Å². The molecule has 0 aromatic carbocycles. The first-order valence-electron chi connectivity index (χ1n) is 6.61. The van der Waals surface area contributed by atoms with Crippen molar-refractivity contribution in [2.75, 3.05) is 0 Å². The van der Waals surface area contributed by atoms with E-state index in [1.165, 1.54) is 38.5 Å². The molecule has 3 fully saturated rings. The van der Waals surface area contributed by atoms with Crippen LogP contribution in [-0.4, -0.2) is 11.6 Å². The van der Waals surface area contributed by atoms with Crippen LogP contribution in [0.15, 0.2) is 5.10 Å². The van der Waals surface area contributed by atoms with Crippen LogP contribution in [-0.2, 0) is 4.79 Å². The van der Waals surface area contributed by atoms with E-state index in [1.54, 1.807) is 0 Å². The molecule has 0 heterocycles. The Morgan fingerprint density at radius 1 is 1.12 bits per heavy atom. The molecule has 1 amide bonds. The fourth-order valence-electron chi connectivity index (χ4n) is 3.19. The first-order chi connectivity index (χ1) is 7.77. The van der Waals surface area contributed by atoms with Gasteiger partial charge in [0.1, 0.15) is 0 Å². The van der Waals surface area contributed by atoms with Crippen LogP contribution in [0.3, 0.4) is 0 Å². The van der Waals surface area contributed by atoms with Gasteiger partial charge in [-0.15, -0.1) is 0 Å². The number of carbonyl (C=O) groups is 1. The zero-order valence-corrected chi connectivity index (χ0v) is 9.91. The summed E-state index contributed by atoms with van der Waals surface area (Å²) in [5.74, 6) is 2.49. The Morgan fingerprint density at radius 2 is 1.75 bits per heavy atom. The van der Waals surface area contributed by atoms with E-state index in [1.807, 2.05) is 6.92 Å². The molecule has 0 radical (unpaired) electrons. The highest BCUT2D eigenvalue weighted by atomic mass is 16.2. The third-order valence-corrected chi connectivity index (χ3v) is 4.47. The molecular formula is C13H20N2O. The summed E-state index contributed by atoms with van der Waals surface area (Å²) >= 11 is 0. The maximum Gasteiger partial charge on any atom is 0.243 e. The van der Waals surface area contributed by atoms with E-state index in [-0.39, 0.29) is 5.91 Å². The maximum atomic E-state index is 11.9. The van der Waals surface area contributed by atoms with E-state index in [0.717, 1.165) is 5.71 Å². The van der Waals surface area contributed by atoms with Crippen LogP contribution in [0, 0.1) is 23.7 Å². The molecule has 3 aliphatic carbocycles. The molecule has 0 spiro atoms. The van der Waals surface area contributed by atoms with Crippen molar-refractivity contribution in [1.82, 2.24) is 5.43 Å². The van der Waals surface area contributed by atoms with E-state index in [9.17, 15) is 4.79 Å². The molecule has 0 unspecified atom stereocenters. The number of nitrogens with zero attached hydrogens (tertiary/aromatic N) is 1. The molecule has 0 bridgehead atoms. The van der Waals surface area contributed by atoms with Gasteiger partial charge in [0.05, 0.1) is 0 Å². The van der Waals surface area contributed by atoms with E-state index >= 15 is 0 Å². The van der Waals surface area contributed by atoms with Crippen molar-refractivity contribution in [1.29, 1.82) is 0 Å². The molecule has 3 heteroatoms. The van der Waals surface area contributed by atoms with Gasteiger partial charge in [-0.25, -0.2) is 5.43 Å². The van der Waals surface area contributed by atoms with Gasteiger partial charge < -0.3 is 0 Å². The first kappa shape index (κ1) is 10.3. The van der Waals surface area contributed by atoms with E-state index in [2.05, 4.69) is 10.5 Å². The van der Waals surface area contributed by atoms with Crippen LogP contribution >= 0.6 is 0 Å². The number of amides is 1. The average molecular weight is 220 g/mol. The predicted octanol–water partition coefficient (Wildman–Crippen LogP) is 2.32. The molecular weight excluding hydrogens is 200 g/mol. The maximum absolute atomic E-state index is 11.9. The summed E-state index contributed by atoms with van der Waals surface area (Å²) in [6.45, 7) is 2.03. The topological polar surface area (TPSA) is 41.5 Å². The number of hydrazone groups is 1. The fraction of sp³-hybridized carbons (Fsp3) is 0.846. The van der Waals surface area contributed by atoms with Crippen molar-refractivity contribution < 1.29 is 4.79 Å². The summed E-state index contributed by atoms with van der Waals surface area (Å²) in [4.78, 5) is 11.9. The minimum absolute atomic E-state index is 0.178. The second-order valence-corrected chi connectivity index (χ2v) is 5.64. The Hall–Kier alpha value is -0.860. The molecule has 16 heavy (non-hydrogen) atoms. The van der Waals surface area contributed by atoms with Gasteiger partial charge in [-0.3, -0.25) is 4.79 Å². The van der Waals surface area contributed by atoms with Crippen LogP contribution < -0.4 is 5.43 Å². The molecule has 2 atom stereocenters. The summed E-state index contributed by atoms with van der Waals surface area (Å²) in [5.41, 5.74) is 3.88. The highest BCUT2D eigenvalue weighted by Crippen LogP contribution is 2.55. The lowest BCUT2D eigenvalue weighted by atomic mass is 10.0. The second kappa shape index (κ2) is 3.86. The molecule has 1 N–H and O–H groups in total. The Bertz CT molecular complexity index is 321. The molecule has 0 aromatic heterocycles. The van der Waals surface area contributed by atoms with Gasteiger partial charge in [-0.2, -0.15) is 5.10 Å². The van der Waals surface area contributed by atoms with Gasteiger partial charge in [0, 0.05) is 11.6 Å². The average Bonchev–Trinajstić information content (AvgIpc) is 3.16. The monoisotopic (exact) mass is 220 g/mol. The molecule has 3 saturated carbocycles. The zero-order chi connectivity index (χ0) is 11.1. The van der Waals surface area contributed by atoms with Crippen molar-refractivity contribution in [3.63, 3.8) is 0 Å². The summed E-state index contributed by atoms with van der Waals surface area (Å²) in [5, 5.41) is 4.22. The molecule has 3 rings (SSSR count). The largest absolute Gasteiger partial charge is 0.273 e. The van der Waals surface area contributed by atoms with Crippen LogP contribution in [0.2, 0.25) is 0 Å². The smallest absolute Gasteiger partial charge is 0.243 e. The lowest BCUT2D eigenvalue weighted by Crippen LogP contribution is -2.22. The van der Waals surface area contributed by atoms with Gasteiger partial charge in [0.2, 0.25) is 5.91 Å². The minimum Gasteiger partial charge on any atom is -0.273 e. The highest BCUT2D eigenvalue weighted by molar-refractivity contribution is 5.89. The van der Waals surface area contributed by atoms with Gasteiger partial charge in [-0.05, 0) is 50.4 Å². The quantitative estimate of drug-likeness (QED) is 0.575. The number of rotatable bonds is 3. The third-order valence-electron chi connectivity index (χ3n) is 4.47. The SMILES string of the molecule is CC(=NNC(=O)C1[C@@H]2CCCC[C@@H]12)C1CC1. The molecule has 88 valence electrons. The summed E-state index contributed by atoms with van der Waals surface area (Å²) in [6, 6.07) is 0. The lowest BCUT2D eigenvalue weighted by Gasteiger charge is -2.04. The van der Waals surface area contributed by atoms with Crippen molar-refractivity contribution in [3.8, 4) is 0 Å². The predicted molar refractivity (Wildman–Crippen MR) is 62.9 cm³/mol. The van der Waals surface area contributed by atoms with Crippen molar-refractivity contribution in [3.05, 3.63) is 0 Å². The van der Waals surface area contributed by atoms with Crippen LogP contribution in [0.25, 0.3) is 0 Å². The molecule has 0 aliphatic heterocycles. The molecule has 3 aliphatic rings. The Labute approximate surface area is 96.7 Å². The number of nitrogens with one attached hydrogen (secondary N) is 1. The van der Waals surface area contributed by atoms with Crippen molar-refractivity contribution in [2.45, 2.75) is 45.4 Å². The minimum atomic E-state index is 0.178. The van der Waals surface area contributed by atoms with Crippen LogP contribution in [0.4, 0.5) is 0 Å². The van der Waals surface area contributed by atoms with Gasteiger partial charge >= 0.3 is 0 Å². The summed E-state index contributed by atoms with van der Waals surface area (Å²) in [7, 11) is 0. The van der Waals surface area contributed by atoms with E-state index in [4.69, 9.17) is 0 Å². The number of fused-ring (bicyclic) bond motifs is 1. The highest BCUT2D eigenvalue weighted by Gasteiger charge is 2.54. The number of hydrogen-bond donors (Lipinski definition) is 1. The number of carbonyl (C=O) groups excluding carboxylic acids is 1. The molecule has 0 saturated heterocycles. The summed E-state index contributed by atoms with van der Waals surface area (Å²) in [6.07, 6.45) is 7.65. The molecule has 0 aromatic rings. The number of hydrogen-bond acceptors (Lipinski definition) is 2.